The lowest BCUT2D eigenvalue weighted by Crippen LogP contribution is -2.22. The zero-order chi connectivity index (χ0) is 14.4. The van der Waals surface area contributed by atoms with Gasteiger partial charge in [0.2, 0.25) is 0 Å². The predicted octanol–water partition coefficient (Wildman–Crippen LogP) is 2.78. The third-order valence-corrected chi connectivity index (χ3v) is 4.50. The number of nitrogens with one attached hydrogen (secondary N) is 1. The number of carbonyl (C=O) groups excluding carboxylic acids is 1. The summed E-state index contributed by atoms with van der Waals surface area (Å²) in [6.45, 7) is 2.48. The smallest absolute Gasteiger partial charge is 0.252 e. The standard InChI is InChI=1S/C15H15NO2S2/c1-11-9-19-10-13(11)15(18)16-8-14-12(5-7-20-14)4-2-3-6-17/h5,7,9-10,17H,3,6,8H2,1H3,(H,16,18). The summed E-state index contributed by atoms with van der Waals surface area (Å²) < 4.78 is 0. The van der Waals surface area contributed by atoms with E-state index in [0.29, 0.717) is 13.0 Å². The maximum absolute atomic E-state index is 12.0. The van der Waals surface area contributed by atoms with Crippen molar-refractivity contribution in [3.05, 3.63) is 43.8 Å². The van der Waals surface area contributed by atoms with E-state index in [2.05, 4.69) is 17.2 Å². The van der Waals surface area contributed by atoms with E-state index in [1.165, 1.54) is 11.3 Å². The monoisotopic (exact) mass is 305 g/mol. The van der Waals surface area contributed by atoms with Crippen LogP contribution in [0.4, 0.5) is 0 Å². The number of rotatable bonds is 4. The first-order valence-corrected chi connectivity index (χ1v) is 8.01. The lowest BCUT2D eigenvalue weighted by Gasteiger charge is -2.03. The Bertz CT molecular complexity index is 646. The van der Waals surface area contributed by atoms with Crippen molar-refractivity contribution in [2.75, 3.05) is 6.61 Å². The number of aliphatic hydroxyl groups is 1. The summed E-state index contributed by atoms with van der Waals surface area (Å²) in [5.41, 5.74) is 2.66. The van der Waals surface area contributed by atoms with Gasteiger partial charge in [0, 0.05) is 22.2 Å². The van der Waals surface area contributed by atoms with E-state index in [-0.39, 0.29) is 12.5 Å². The molecule has 0 fully saturated rings. The molecular formula is C15H15NO2S2. The van der Waals surface area contributed by atoms with E-state index in [9.17, 15) is 4.79 Å². The van der Waals surface area contributed by atoms with E-state index in [0.717, 1.165) is 21.6 Å². The normalized spacial score (nSPS) is 9.90. The second-order valence-electron chi connectivity index (χ2n) is 4.18. The van der Waals surface area contributed by atoms with Crippen LogP contribution in [0.2, 0.25) is 0 Å². The zero-order valence-corrected chi connectivity index (χ0v) is 12.7. The number of aryl methyl sites for hydroxylation is 1. The molecule has 0 aliphatic carbocycles. The third-order valence-electron chi connectivity index (χ3n) is 2.71. The van der Waals surface area contributed by atoms with Crippen LogP contribution in [0.15, 0.2) is 22.2 Å². The summed E-state index contributed by atoms with van der Waals surface area (Å²) in [7, 11) is 0. The highest BCUT2D eigenvalue weighted by atomic mass is 32.1. The highest BCUT2D eigenvalue weighted by molar-refractivity contribution is 7.10. The minimum absolute atomic E-state index is 0.0496. The van der Waals surface area contributed by atoms with Crippen LogP contribution in [-0.4, -0.2) is 17.6 Å². The van der Waals surface area contributed by atoms with Gasteiger partial charge in [0.25, 0.3) is 5.91 Å². The Morgan fingerprint density at radius 1 is 1.45 bits per heavy atom. The fourth-order valence-corrected chi connectivity index (χ4v) is 3.25. The fourth-order valence-electron chi connectivity index (χ4n) is 1.65. The lowest BCUT2D eigenvalue weighted by atomic mass is 10.2. The molecular weight excluding hydrogens is 290 g/mol. The number of carbonyl (C=O) groups is 1. The van der Waals surface area contributed by atoms with Crippen LogP contribution in [0.3, 0.4) is 0 Å². The summed E-state index contributed by atoms with van der Waals surface area (Å²) in [6, 6.07) is 1.94. The van der Waals surface area contributed by atoms with E-state index in [4.69, 9.17) is 5.11 Å². The second kappa shape index (κ2) is 7.25. The molecule has 0 unspecified atom stereocenters. The lowest BCUT2D eigenvalue weighted by molar-refractivity contribution is 0.0951. The summed E-state index contributed by atoms with van der Waals surface area (Å²) in [5, 5.41) is 17.4. The van der Waals surface area contributed by atoms with Gasteiger partial charge in [0.1, 0.15) is 0 Å². The van der Waals surface area contributed by atoms with Gasteiger partial charge in [-0.15, -0.1) is 11.3 Å². The van der Waals surface area contributed by atoms with Gasteiger partial charge in [0.05, 0.1) is 18.7 Å². The molecule has 1 amide bonds. The first-order chi connectivity index (χ1) is 9.72. The van der Waals surface area contributed by atoms with Crippen molar-refractivity contribution >= 4 is 28.6 Å². The van der Waals surface area contributed by atoms with Crippen LogP contribution in [0.25, 0.3) is 0 Å². The molecule has 2 aromatic heterocycles. The summed E-state index contributed by atoms with van der Waals surface area (Å²) in [5.74, 6) is 5.86. The average Bonchev–Trinajstić information content (AvgIpc) is 3.05. The molecule has 2 aromatic rings. The Morgan fingerprint density at radius 2 is 2.30 bits per heavy atom. The molecule has 0 atom stereocenters. The van der Waals surface area contributed by atoms with Gasteiger partial charge >= 0.3 is 0 Å². The molecule has 2 rings (SSSR count). The second-order valence-corrected chi connectivity index (χ2v) is 5.93. The van der Waals surface area contributed by atoms with E-state index in [1.54, 1.807) is 11.3 Å². The van der Waals surface area contributed by atoms with Gasteiger partial charge in [-0.2, -0.15) is 11.3 Å². The van der Waals surface area contributed by atoms with Crippen LogP contribution in [0, 0.1) is 18.8 Å². The van der Waals surface area contributed by atoms with Crippen LogP contribution < -0.4 is 5.32 Å². The minimum atomic E-state index is -0.0496. The molecule has 2 heterocycles. The Hall–Kier alpha value is -1.61. The first-order valence-electron chi connectivity index (χ1n) is 6.19. The van der Waals surface area contributed by atoms with Crippen molar-refractivity contribution in [3.63, 3.8) is 0 Å². The number of hydrogen-bond donors (Lipinski definition) is 2. The number of amides is 1. The van der Waals surface area contributed by atoms with Crippen molar-refractivity contribution in [1.82, 2.24) is 5.32 Å². The molecule has 0 aliphatic rings. The predicted molar refractivity (Wildman–Crippen MR) is 83.1 cm³/mol. The van der Waals surface area contributed by atoms with Crippen molar-refractivity contribution < 1.29 is 9.90 Å². The summed E-state index contributed by atoms with van der Waals surface area (Å²) >= 11 is 3.10. The molecule has 104 valence electrons. The molecule has 3 nitrogen and oxygen atoms in total. The van der Waals surface area contributed by atoms with Gasteiger partial charge in [-0.05, 0) is 29.3 Å². The summed E-state index contributed by atoms with van der Waals surface area (Å²) in [4.78, 5) is 13.1. The van der Waals surface area contributed by atoms with Crippen LogP contribution in [-0.2, 0) is 6.54 Å². The van der Waals surface area contributed by atoms with Gasteiger partial charge < -0.3 is 10.4 Å². The Labute approximate surface area is 126 Å². The van der Waals surface area contributed by atoms with Crippen LogP contribution in [0.5, 0.6) is 0 Å². The molecule has 0 aliphatic heterocycles. The van der Waals surface area contributed by atoms with Gasteiger partial charge in [0.15, 0.2) is 0 Å². The van der Waals surface area contributed by atoms with Crippen LogP contribution >= 0.6 is 22.7 Å². The van der Waals surface area contributed by atoms with Crippen LogP contribution in [0.1, 0.15) is 32.8 Å². The molecule has 20 heavy (non-hydrogen) atoms. The SMILES string of the molecule is Cc1cscc1C(=O)NCc1sccc1C#CCCO. The Kier molecular flexibility index (Phi) is 5.36. The molecule has 0 aromatic carbocycles. The van der Waals surface area contributed by atoms with E-state index in [1.807, 2.05) is 29.1 Å². The molecule has 0 radical (unpaired) electrons. The molecule has 2 N–H and O–H groups in total. The fraction of sp³-hybridized carbons (Fsp3) is 0.267. The zero-order valence-electron chi connectivity index (χ0n) is 11.1. The number of aliphatic hydroxyl groups excluding tert-OH is 1. The number of thiophene rings is 2. The number of hydrogen-bond acceptors (Lipinski definition) is 4. The summed E-state index contributed by atoms with van der Waals surface area (Å²) in [6.07, 6.45) is 0.468. The Balaban J connectivity index is 1.98. The molecule has 0 bridgehead atoms. The van der Waals surface area contributed by atoms with E-state index >= 15 is 0 Å². The van der Waals surface area contributed by atoms with Crippen molar-refractivity contribution in [1.29, 1.82) is 0 Å². The van der Waals surface area contributed by atoms with Gasteiger partial charge in [-0.3, -0.25) is 4.79 Å². The highest BCUT2D eigenvalue weighted by Gasteiger charge is 2.10. The quantitative estimate of drug-likeness (QED) is 0.853. The Morgan fingerprint density at radius 3 is 3.00 bits per heavy atom. The minimum Gasteiger partial charge on any atom is -0.395 e. The first kappa shape index (κ1) is 14.8. The molecule has 5 heteroatoms. The molecule has 0 spiro atoms. The van der Waals surface area contributed by atoms with Crippen molar-refractivity contribution in [3.8, 4) is 11.8 Å². The topological polar surface area (TPSA) is 49.3 Å². The third kappa shape index (κ3) is 3.70. The molecule has 0 saturated carbocycles. The van der Waals surface area contributed by atoms with Gasteiger partial charge in [-0.1, -0.05) is 11.8 Å². The maximum Gasteiger partial charge on any atom is 0.252 e. The van der Waals surface area contributed by atoms with Gasteiger partial charge in [-0.25, -0.2) is 0 Å². The van der Waals surface area contributed by atoms with E-state index < -0.39 is 0 Å². The molecule has 0 saturated heterocycles. The maximum atomic E-state index is 12.0. The largest absolute Gasteiger partial charge is 0.395 e. The van der Waals surface area contributed by atoms with Crippen molar-refractivity contribution in [2.45, 2.75) is 19.9 Å². The van der Waals surface area contributed by atoms with Crippen molar-refractivity contribution in [2.24, 2.45) is 0 Å². The average molecular weight is 305 g/mol. The highest BCUT2D eigenvalue weighted by Crippen LogP contribution is 2.17.